The maximum Gasteiger partial charge on any atom is 0.191 e. The monoisotopic (exact) mass is 429 g/mol. The number of guanidine groups is 1. The molecule has 2 aromatic carbocycles. The Balaban J connectivity index is 1.42. The number of benzene rings is 2. The van der Waals surface area contributed by atoms with Crippen molar-refractivity contribution in [3.8, 4) is 5.75 Å². The lowest BCUT2D eigenvalue weighted by Crippen LogP contribution is -2.38. The second kappa shape index (κ2) is 11.0. The molecule has 3 rings (SSSR count). The summed E-state index contributed by atoms with van der Waals surface area (Å²) in [6.45, 7) is 4.78. The Morgan fingerprint density at radius 1 is 1.10 bits per heavy atom. The van der Waals surface area contributed by atoms with E-state index in [0.29, 0.717) is 13.0 Å². The standard InChI is InChI=1S/C23H31N3O3S/c1-2-24-23(26-14-11-19-9-10-22-21(17-19)12-15-29-22)25-13-6-16-30(27,28)18-20-7-4-3-5-8-20/h3-5,7-10,17H,2,6,11-16,18H2,1H3,(H2,24,25,26). The molecule has 1 aliphatic rings. The molecule has 0 aliphatic carbocycles. The first-order valence-corrected chi connectivity index (χ1v) is 12.4. The van der Waals surface area contributed by atoms with Crippen LogP contribution in [0.25, 0.3) is 0 Å². The number of rotatable bonds is 10. The van der Waals surface area contributed by atoms with Gasteiger partial charge in [-0.25, -0.2) is 8.42 Å². The van der Waals surface area contributed by atoms with Crippen molar-refractivity contribution < 1.29 is 13.2 Å². The van der Waals surface area contributed by atoms with E-state index in [1.807, 2.05) is 43.3 Å². The Morgan fingerprint density at radius 2 is 1.93 bits per heavy atom. The molecule has 2 N–H and O–H groups in total. The van der Waals surface area contributed by atoms with Crippen molar-refractivity contribution >= 4 is 15.8 Å². The lowest BCUT2D eigenvalue weighted by molar-refractivity contribution is 0.357. The number of hydrogen-bond donors (Lipinski definition) is 2. The molecule has 0 amide bonds. The molecule has 0 aromatic heterocycles. The fourth-order valence-corrected chi connectivity index (χ4v) is 4.85. The van der Waals surface area contributed by atoms with Gasteiger partial charge in [0.1, 0.15) is 5.75 Å². The number of aliphatic imine (C=N–C) groups is 1. The Morgan fingerprint density at radius 3 is 2.73 bits per heavy atom. The van der Waals surface area contributed by atoms with Gasteiger partial charge in [-0.2, -0.15) is 0 Å². The van der Waals surface area contributed by atoms with Crippen LogP contribution >= 0.6 is 0 Å². The minimum atomic E-state index is -3.12. The molecular formula is C23H31N3O3S. The van der Waals surface area contributed by atoms with Crippen LogP contribution in [0.15, 0.2) is 53.5 Å². The molecule has 1 heterocycles. The van der Waals surface area contributed by atoms with E-state index in [1.165, 1.54) is 11.1 Å². The summed E-state index contributed by atoms with van der Waals surface area (Å²) in [7, 11) is -3.12. The van der Waals surface area contributed by atoms with Crippen LogP contribution in [0.5, 0.6) is 5.75 Å². The second-order valence-electron chi connectivity index (χ2n) is 7.41. The number of ether oxygens (including phenoxy) is 1. The van der Waals surface area contributed by atoms with Gasteiger partial charge in [-0.15, -0.1) is 0 Å². The molecule has 30 heavy (non-hydrogen) atoms. The molecule has 0 saturated heterocycles. The molecule has 0 atom stereocenters. The molecule has 0 fully saturated rings. The third-order valence-corrected chi connectivity index (χ3v) is 6.60. The number of sulfone groups is 1. The molecule has 0 bridgehead atoms. The van der Waals surface area contributed by atoms with Crippen molar-refractivity contribution in [1.29, 1.82) is 0 Å². The van der Waals surface area contributed by atoms with Crippen LogP contribution in [0, 0.1) is 0 Å². The van der Waals surface area contributed by atoms with E-state index in [0.717, 1.165) is 49.8 Å². The third kappa shape index (κ3) is 7.06. The van der Waals surface area contributed by atoms with Crippen LogP contribution in [-0.2, 0) is 28.4 Å². The van der Waals surface area contributed by atoms with Crippen molar-refractivity contribution in [2.75, 3.05) is 32.0 Å². The summed E-state index contributed by atoms with van der Waals surface area (Å²) in [5, 5.41) is 6.55. The maximum atomic E-state index is 12.3. The van der Waals surface area contributed by atoms with E-state index in [4.69, 9.17) is 4.74 Å². The smallest absolute Gasteiger partial charge is 0.191 e. The molecule has 1 aliphatic heterocycles. The van der Waals surface area contributed by atoms with Gasteiger partial charge in [0, 0.05) is 26.1 Å². The first-order valence-electron chi connectivity index (χ1n) is 10.6. The second-order valence-corrected chi connectivity index (χ2v) is 9.59. The Kier molecular flexibility index (Phi) is 8.13. The Hall–Kier alpha value is -2.54. The van der Waals surface area contributed by atoms with E-state index >= 15 is 0 Å². The highest BCUT2D eigenvalue weighted by atomic mass is 32.2. The summed E-state index contributed by atoms with van der Waals surface area (Å²) in [6, 6.07) is 15.7. The fourth-order valence-electron chi connectivity index (χ4n) is 3.44. The highest BCUT2D eigenvalue weighted by molar-refractivity contribution is 7.90. The minimum absolute atomic E-state index is 0.0850. The minimum Gasteiger partial charge on any atom is -0.493 e. The number of nitrogens with one attached hydrogen (secondary N) is 2. The van der Waals surface area contributed by atoms with Gasteiger partial charge in [-0.05, 0) is 42.5 Å². The Labute approximate surface area is 179 Å². The first-order chi connectivity index (χ1) is 14.6. The summed E-state index contributed by atoms with van der Waals surface area (Å²) in [6.07, 6.45) is 2.38. The summed E-state index contributed by atoms with van der Waals surface area (Å²) in [4.78, 5) is 4.52. The van der Waals surface area contributed by atoms with E-state index in [9.17, 15) is 8.42 Å². The predicted molar refractivity (Wildman–Crippen MR) is 122 cm³/mol. The lowest BCUT2D eigenvalue weighted by Gasteiger charge is -2.12. The maximum absolute atomic E-state index is 12.3. The average Bonchev–Trinajstić information content (AvgIpc) is 3.19. The van der Waals surface area contributed by atoms with E-state index in [2.05, 4.69) is 27.8 Å². The first kappa shape index (κ1) is 22.2. The molecule has 0 unspecified atom stereocenters. The molecular weight excluding hydrogens is 398 g/mol. The SMILES string of the molecule is CCNC(=NCCCS(=O)(=O)Cc1ccccc1)NCCc1ccc2c(c1)CCO2. The predicted octanol–water partition coefficient (Wildman–Crippen LogP) is 2.72. The topological polar surface area (TPSA) is 79.8 Å². The summed E-state index contributed by atoms with van der Waals surface area (Å²) < 4.78 is 30.1. The molecule has 6 nitrogen and oxygen atoms in total. The lowest BCUT2D eigenvalue weighted by atomic mass is 10.1. The van der Waals surface area contributed by atoms with Gasteiger partial charge in [0.15, 0.2) is 15.8 Å². The van der Waals surface area contributed by atoms with E-state index in [1.54, 1.807) is 0 Å². The van der Waals surface area contributed by atoms with Crippen LogP contribution in [0.2, 0.25) is 0 Å². The van der Waals surface area contributed by atoms with Crippen molar-refractivity contribution in [2.45, 2.75) is 31.9 Å². The molecule has 0 saturated carbocycles. The number of fused-ring (bicyclic) bond motifs is 1. The van der Waals surface area contributed by atoms with Gasteiger partial charge in [0.05, 0.1) is 18.1 Å². The molecule has 0 spiro atoms. The zero-order valence-corrected chi connectivity index (χ0v) is 18.4. The van der Waals surface area contributed by atoms with Crippen LogP contribution < -0.4 is 15.4 Å². The number of hydrogen-bond acceptors (Lipinski definition) is 4. The number of nitrogens with zero attached hydrogens (tertiary/aromatic N) is 1. The highest BCUT2D eigenvalue weighted by Gasteiger charge is 2.12. The van der Waals surface area contributed by atoms with E-state index in [-0.39, 0.29) is 11.5 Å². The van der Waals surface area contributed by atoms with Gasteiger partial charge in [0.2, 0.25) is 0 Å². The molecule has 0 radical (unpaired) electrons. The summed E-state index contributed by atoms with van der Waals surface area (Å²) >= 11 is 0. The Bertz CT molecular complexity index is 943. The van der Waals surface area contributed by atoms with Crippen LogP contribution in [0.4, 0.5) is 0 Å². The van der Waals surface area contributed by atoms with Crippen molar-refractivity contribution in [2.24, 2.45) is 4.99 Å². The zero-order valence-electron chi connectivity index (χ0n) is 17.6. The van der Waals surface area contributed by atoms with Crippen LogP contribution in [-0.4, -0.2) is 46.4 Å². The van der Waals surface area contributed by atoms with Crippen molar-refractivity contribution in [3.63, 3.8) is 0 Å². The van der Waals surface area contributed by atoms with Gasteiger partial charge in [-0.3, -0.25) is 4.99 Å². The molecule has 2 aromatic rings. The fraction of sp³-hybridized carbons (Fsp3) is 0.435. The normalized spacial score (nSPS) is 13.6. The summed E-state index contributed by atoms with van der Waals surface area (Å²) in [5.74, 6) is 1.95. The van der Waals surface area contributed by atoms with Crippen LogP contribution in [0.1, 0.15) is 30.0 Å². The molecule has 7 heteroatoms. The van der Waals surface area contributed by atoms with Crippen molar-refractivity contribution in [1.82, 2.24) is 10.6 Å². The quantitative estimate of drug-likeness (QED) is 0.345. The van der Waals surface area contributed by atoms with Gasteiger partial charge in [-0.1, -0.05) is 42.5 Å². The zero-order chi connectivity index (χ0) is 21.2. The van der Waals surface area contributed by atoms with Gasteiger partial charge in [0.25, 0.3) is 0 Å². The summed E-state index contributed by atoms with van der Waals surface area (Å²) in [5.41, 5.74) is 3.38. The van der Waals surface area contributed by atoms with Gasteiger partial charge >= 0.3 is 0 Å². The van der Waals surface area contributed by atoms with Crippen molar-refractivity contribution in [3.05, 3.63) is 65.2 Å². The van der Waals surface area contributed by atoms with E-state index < -0.39 is 9.84 Å². The molecule has 162 valence electrons. The van der Waals surface area contributed by atoms with Gasteiger partial charge < -0.3 is 15.4 Å². The largest absolute Gasteiger partial charge is 0.493 e. The third-order valence-electron chi connectivity index (χ3n) is 4.92. The highest BCUT2D eigenvalue weighted by Crippen LogP contribution is 2.25. The van der Waals surface area contributed by atoms with Crippen LogP contribution in [0.3, 0.4) is 0 Å². The average molecular weight is 430 g/mol.